The lowest BCUT2D eigenvalue weighted by Gasteiger charge is -1.89. The summed E-state index contributed by atoms with van der Waals surface area (Å²) in [5.41, 5.74) is 0.978. The first kappa shape index (κ1) is 10.4. The lowest BCUT2D eigenvalue weighted by molar-refractivity contribution is 0.0661. The average Bonchev–Trinajstić information content (AvgIpc) is 2.88. The molecule has 0 spiro atoms. The summed E-state index contributed by atoms with van der Waals surface area (Å²) in [7, 11) is 0. The molecule has 2 aromatic heterocycles. The van der Waals surface area contributed by atoms with Gasteiger partial charge in [0.25, 0.3) is 0 Å². The number of carboxylic acids is 1. The summed E-state index contributed by atoms with van der Waals surface area (Å²) in [6.07, 6.45) is 3.30. The van der Waals surface area contributed by atoms with Gasteiger partial charge >= 0.3 is 5.97 Å². The molecular weight excluding hydrogens is 246 g/mol. The second kappa shape index (κ2) is 3.63. The summed E-state index contributed by atoms with van der Waals surface area (Å²) < 4.78 is 10.2. The van der Waals surface area contributed by atoms with E-state index in [0.29, 0.717) is 11.3 Å². The molecule has 0 aliphatic heterocycles. The Morgan fingerprint density at radius 3 is 2.82 bits per heavy atom. The van der Waals surface area contributed by atoms with Gasteiger partial charge in [0, 0.05) is 5.92 Å². The molecular formula is C11H8ClNO4. The van der Waals surface area contributed by atoms with Gasteiger partial charge in [0.05, 0.1) is 17.5 Å². The second-order valence-electron chi connectivity index (χ2n) is 3.92. The van der Waals surface area contributed by atoms with Crippen molar-refractivity contribution < 1.29 is 18.7 Å². The molecule has 1 aliphatic carbocycles. The summed E-state index contributed by atoms with van der Waals surface area (Å²) in [6, 6.07) is 1.59. The number of halogens is 1. The highest BCUT2D eigenvalue weighted by Gasteiger charge is 2.34. The van der Waals surface area contributed by atoms with E-state index in [0.717, 1.165) is 12.8 Å². The zero-order valence-corrected chi connectivity index (χ0v) is 9.40. The van der Waals surface area contributed by atoms with Crippen LogP contribution in [0.15, 0.2) is 21.2 Å². The lowest BCUT2D eigenvalue weighted by atomic mass is 10.2. The normalized spacial score (nSPS) is 15.1. The van der Waals surface area contributed by atoms with Gasteiger partial charge in [-0.3, -0.25) is 0 Å². The van der Waals surface area contributed by atoms with E-state index in [2.05, 4.69) is 4.98 Å². The van der Waals surface area contributed by atoms with Gasteiger partial charge in [-0.2, -0.15) is 0 Å². The molecule has 2 aromatic rings. The summed E-state index contributed by atoms with van der Waals surface area (Å²) in [5, 5.41) is 9.18. The third-order valence-corrected chi connectivity index (χ3v) is 2.95. The Morgan fingerprint density at radius 2 is 2.29 bits per heavy atom. The number of hydrogen-bond donors (Lipinski definition) is 1. The van der Waals surface area contributed by atoms with Crippen LogP contribution in [0.2, 0.25) is 5.22 Å². The molecule has 5 nitrogen and oxygen atoms in total. The van der Waals surface area contributed by atoms with E-state index in [1.165, 1.54) is 6.26 Å². The molecule has 0 bridgehead atoms. The zero-order chi connectivity index (χ0) is 12.0. The van der Waals surface area contributed by atoms with E-state index in [1.807, 2.05) is 0 Å². The second-order valence-corrected chi connectivity index (χ2v) is 4.26. The van der Waals surface area contributed by atoms with Gasteiger partial charge in [0.1, 0.15) is 0 Å². The van der Waals surface area contributed by atoms with E-state index in [-0.39, 0.29) is 22.8 Å². The minimum Gasteiger partial charge on any atom is -0.475 e. The number of aromatic carboxylic acids is 1. The van der Waals surface area contributed by atoms with E-state index < -0.39 is 5.97 Å². The molecule has 17 heavy (non-hydrogen) atoms. The van der Waals surface area contributed by atoms with E-state index >= 15 is 0 Å². The van der Waals surface area contributed by atoms with Crippen molar-refractivity contribution in [3.8, 4) is 11.5 Å². The van der Waals surface area contributed by atoms with Crippen molar-refractivity contribution in [2.45, 2.75) is 18.8 Å². The first-order valence-electron chi connectivity index (χ1n) is 5.14. The highest BCUT2D eigenvalue weighted by Crippen LogP contribution is 2.43. The van der Waals surface area contributed by atoms with Crippen LogP contribution in [0.25, 0.3) is 11.5 Å². The predicted molar refractivity (Wildman–Crippen MR) is 58.1 cm³/mol. The number of hydrogen-bond acceptors (Lipinski definition) is 4. The fraction of sp³-hybridized carbons (Fsp3) is 0.273. The summed E-state index contributed by atoms with van der Waals surface area (Å²) >= 11 is 5.80. The van der Waals surface area contributed by atoms with Gasteiger partial charge < -0.3 is 13.9 Å². The Morgan fingerprint density at radius 1 is 1.53 bits per heavy atom. The Bertz CT molecular complexity index is 582. The maximum Gasteiger partial charge on any atom is 0.373 e. The van der Waals surface area contributed by atoms with Gasteiger partial charge in [0.2, 0.25) is 16.9 Å². The zero-order valence-electron chi connectivity index (χ0n) is 8.64. The average molecular weight is 254 g/mol. The molecule has 1 N–H and O–H groups in total. The molecule has 3 rings (SSSR count). The Kier molecular flexibility index (Phi) is 2.22. The van der Waals surface area contributed by atoms with Crippen LogP contribution in [0.4, 0.5) is 0 Å². The maximum atomic E-state index is 11.0. The Hall–Kier alpha value is -1.75. The molecule has 0 unspecified atom stereocenters. The maximum absolute atomic E-state index is 11.0. The fourth-order valence-corrected chi connectivity index (χ4v) is 1.88. The monoisotopic (exact) mass is 253 g/mol. The first-order chi connectivity index (χ1) is 8.16. The minimum absolute atomic E-state index is 0.0974. The van der Waals surface area contributed by atoms with Crippen LogP contribution in [0.5, 0.6) is 0 Å². The SMILES string of the molecule is O=C(O)c1oc(-c2ccoc2Cl)nc1C1CC1. The number of carbonyl (C=O) groups is 1. The molecule has 0 saturated heterocycles. The van der Waals surface area contributed by atoms with Crippen LogP contribution in [0.3, 0.4) is 0 Å². The van der Waals surface area contributed by atoms with Gasteiger partial charge in [-0.1, -0.05) is 0 Å². The van der Waals surface area contributed by atoms with Crippen LogP contribution >= 0.6 is 11.6 Å². The minimum atomic E-state index is -1.11. The van der Waals surface area contributed by atoms with Crippen molar-refractivity contribution in [3.05, 3.63) is 29.0 Å². The van der Waals surface area contributed by atoms with Gasteiger partial charge in [0.15, 0.2) is 0 Å². The predicted octanol–water partition coefficient (Wildman–Crippen LogP) is 3.16. The number of oxazole rings is 1. The summed E-state index contributed by atoms with van der Waals surface area (Å²) in [5.74, 6) is -0.808. The molecule has 0 radical (unpaired) electrons. The van der Waals surface area contributed by atoms with Crippen LogP contribution in [0.1, 0.15) is 35.0 Å². The van der Waals surface area contributed by atoms with Crippen molar-refractivity contribution in [1.29, 1.82) is 0 Å². The molecule has 2 heterocycles. The van der Waals surface area contributed by atoms with E-state index in [9.17, 15) is 4.79 Å². The topological polar surface area (TPSA) is 76.5 Å². The van der Waals surface area contributed by atoms with Crippen LogP contribution in [-0.4, -0.2) is 16.1 Å². The molecule has 0 aromatic carbocycles. The molecule has 0 atom stereocenters. The summed E-state index contributed by atoms with van der Waals surface area (Å²) in [4.78, 5) is 15.2. The van der Waals surface area contributed by atoms with Crippen molar-refractivity contribution in [3.63, 3.8) is 0 Å². The van der Waals surface area contributed by atoms with Crippen LogP contribution in [-0.2, 0) is 0 Å². The van der Waals surface area contributed by atoms with Crippen LogP contribution in [0, 0.1) is 0 Å². The van der Waals surface area contributed by atoms with Gasteiger partial charge in [-0.25, -0.2) is 9.78 Å². The molecule has 88 valence electrons. The van der Waals surface area contributed by atoms with Crippen molar-refractivity contribution >= 4 is 17.6 Å². The van der Waals surface area contributed by atoms with Crippen molar-refractivity contribution in [1.82, 2.24) is 4.98 Å². The van der Waals surface area contributed by atoms with E-state index in [1.54, 1.807) is 6.07 Å². The number of nitrogens with zero attached hydrogens (tertiary/aromatic N) is 1. The number of aromatic nitrogens is 1. The Labute approximate surface area is 101 Å². The molecule has 0 amide bonds. The van der Waals surface area contributed by atoms with Gasteiger partial charge in [-0.15, -0.1) is 0 Å². The highest BCUT2D eigenvalue weighted by atomic mass is 35.5. The summed E-state index contributed by atoms with van der Waals surface area (Å²) in [6.45, 7) is 0. The quantitative estimate of drug-likeness (QED) is 0.909. The standard InChI is InChI=1S/C11H8ClNO4/c12-9-6(3-4-16-9)10-13-7(5-1-2-5)8(17-10)11(14)15/h3-5H,1-2H2,(H,14,15). The third kappa shape index (κ3) is 1.72. The molecule has 1 saturated carbocycles. The molecule has 6 heteroatoms. The third-order valence-electron chi connectivity index (χ3n) is 2.66. The lowest BCUT2D eigenvalue weighted by Crippen LogP contribution is -1.98. The van der Waals surface area contributed by atoms with Gasteiger partial charge in [-0.05, 0) is 30.5 Å². The van der Waals surface area contributed by atoms with E-state index in [4.69, 9.17) is 25.5 Å². The molecule has 1 aliphatic rings. The van der Waals surface area contributed by atoms with Crippen molar-refractivity contribution in [2.24, 2.45) is 0 Å². The fourth-order valence-electron chi connectivity index (χ4n) is 1.68. The van der Waals surface area contributed by atoms with Crippen molar-refractivity contribution in [2.75, 3.05) is 0 Å². The largest absolute Gasteiger partial charge is 0.475 e. The smallest absolute Gasteiger partial charge is 0.373 e. The molecule has 1 fully saturated rings. The number of carboxylic acid groups (broad SMARTS) is 1. The highest BCUT2D eigenvalue weighted by molar-refractivity contribution is 6.31. The Balaban J connectivity index is 2.10. The number of furan rings is 1. The van der Waals surface area contributed by atoms with Crippen LogP contribution < -0.4 is 0 Å². The number of rotatable bonds is 3. The first-order valence-corrected chi connectivity index (χ1v) is 5.52.